The molecule has 0 radical (unpaired) electrons. The lowest BCUT2D eigenvalue weighted by Crippen LogP contribution is -2.53. The van der Waals surface area contributed by atoms with Crippen LogP contribution in [-0.2, 0) is 4.74 Å². The van der Waals surface area contributed by atoms with Crippen molar-refractivity contribution in [3.63, 3.8) is 0 Å². The van der Waals surface area contributed by atoms with Gasteiger partial charge in [0.15, 0.2) is 0 Å². The van der Waals surface area contributed by atoms with Crippen LogP contribution in [0.5, 0.6) is 0 Å². The third-order valence-electron chi connectivity index (χ3n) is 1.96. The monoisotopic (exact) mass is 160 g/mol. The third kappa shape index (κ3) is 2.41. The molecule has 1 rings (SSSR count). The van der Waals surface area contributed by atoms with Gasteiger partial charge < -0.3 is 15.6 Å². The fraction of sp³-hybridized carbons (Fsp3) is 1.00. The van der Waals surface area contributed by atoms with Crippen LogP contribution in [0.4, 0.5) is 0 Å². The van der Waals surface area contributed by atoms with Gasteiger partial charge in [-0.2, -0.15) is 0 Å². The Morgan fingerprint density at radius 2 is 2.00 bits per heavy atom. The summed E-state index contributed by atoms with van der Waals surface area (Å²) >= 11 is 0. The lowest BCUT2D eigenvalue weighted by atomic mass is 10.2. The predicted molar refractivity (Wildman–Crippen MR) is 42.0 cm³/mol. The van der Waals surface area contributed by atoms with E-state index in [0.29, 0.717) is 0 Å². The lowest BCUT2D eigenvalue weighted by Gasteiger charge is -2.33. The fourth-order valence-electron chi connectivity index (χ4n) is 1.18. The van der Waals surface area contributed by atoms with E-state index in [1.165, 1.54) is 0 Å². The van der Waals surface area contributed by atoms with Crippen molar-refractivity contribution in [2.45, 2.75) is 19.2 Å². The average Bonchev–Trinajstić information content (AvgIpc) is 2.05. The van der Waals surface area contributed by atoms with E-state index in [2.05, 4.69) is 0 Å². The molecule has 1 aliphatic heterocycles. The molecule has 66 valence electrons. The Balaban J connectivity index is 2.32. The van der Waals surface area contributed by atoms with Crippen LogP contribution in [0.3, 0.4) is 0 Å². The molecule has 4 heteroatoms. The van der Waals surface area contributed by atoms with Gasteiger partial charge in [0.25, 0.3) is 0 Å². The Kier molecular flexibility index (Phi) is 3.26. The fourth-order valence-corrected chi connectivity index (χ4v) is 1.18. The van der Waals surface area contributed by atoms with Gasteiger partial charge in [-0.25, -0.2) is 0 Å². The first kappa shape index (κ1) is 8.93. The summed E-state index contributed by atoms with van der Waals surface area (Å²) < 4.78 is 5.15. The van der Waals surface area contributed by atoms with Crippen LogP contribution >= 0.6 is 0 Å². The Morgan fingerprint density at radius 3 is 2.45 bits per heavy atom. The molecule has 2 atom stereocenters. The van der Waals surface area contributed by atoms with Crippen LogP contribution in [0.15, 0.2) is 0 Å². The standard InChI is InChI=1S/C7H16N2O2/c1-6(10)7(8)9-2-4-11-5-3-9/h6-7,10H,2-5,8H2,1H3/t6-,7?/m0/s1. The predicted octanol–water partition coefficient (Wildman–Crippen LogP) is -1.02. The summed E-state index contributed by atoms with van der Waals surface area (Å²) in [6, 6.07) is 0. The van der Waals surface area contributed by atoms with Crippen LogP contribution in [-0.4, -0.2) is 48.6 Å². The third-order valence-corrected chi connectivity index (χ3v) is 1.96. The van der Waals surface area contributed by atoms with E-state index in [1.54, 1.807) is 6.92 Å². The van der Waals surface area contributed by atoms with E-state index in [0.717, 1.165) is 26.3 Å². The van der Waals surface area contributed by atoms with Crippen molar-refractivity contribution < 1.29 is 9.84 Å². The molecule has 0 aromatic rings. The van der Waals surface area contributed by atoms with E-state index < -0.39 is 6.10 Å². The normalized spacial score (nSPS) is 26.5. The zero-order chi connectivity index (χ0) is 8.27. The molecule has 11 heavy (non-hydrogen) atoms. The number of nitrogens with zero attached hydrogens (tertiary/aromatic N) is 1. The van der Waals surface area contributed by atoms with Gasteiger partial charge in [0.1, 0.15) is 0 Å². The largest absolute Gasteiger partial charge is 0.390 e. The highest BCUT2D eigenvalue weighted by atomic mass is 16.5. The van der Waals surface area contributed by atoms with Crippen molar-refractivity contribution in [1.29, 1.82) is 0 Å². The quantitative estimate of drug-likeness (QED) is 0.543. The molecule has 0 spiro atoms. The minimum atomic E-state index is -0.465. The van der Waals surface area contributed by atoms with Gasteiger partial charge >= 0.3 is 0 Å². The lowest BCUT2D eigenvalue weighted by molar-refractivity contribution is -0.0149. The number of morpholine rings is 1. The molecule has 1 saturated heterocycles. The number of hydrogen-bond acceptors (Lipinski definition) is 4. The van der Waals surface area contributed by atoms with E-state index in [4.69, 9.17) is 15.6 Å². The van der Waals surface area contributed by atoms with E-state index >= 15 is 0 Å². The Morgan fingerprint density at radius 1 is 1.45 bits per heavy atom. The summed E-state index contributed by atoms with van der Waals surface area (Å²) in [5, 5.41) is 9.17. The highest BCUT2D eigenvalue weighted by molar-refractivity contribution is 4.72. The zero-order valence-electron chi connectivity index (χ0n) is 6.86. The molecule has 1 heterocycles. The Hall–Kier alpha value is -0.160. The van der Waals surface area contributed by atoms with Gasteiger partial charge in [-0.3, -0.25) is 4.90 Å². The second kappa shape index (κ2) is 4.01. The Bertz CT molecular complexity index is 113. The van der Waals surface area contributed by atoms with Crippen LogP contribution in [0.2, 0.25) is 0 Å². The molecule has 4 nitrogen and oxygen atoms in total. The second-order valence-corrected chi connectivity index (χ2v) is 2.88. The summed E-state index contributed by atoms with van der Waals surface area (Å²) in [6.07, 6.45) is -0.702. The van der Waals surface area contributed by atoms with Gasteiger partial charge in [-0.15, -0.1) is 0 Å². The van der Waals surface area contributed by atoms with Crippen molar-refractivity contribution in [3.8, 4) is 0 Å². The first-order valence-electron chi connectivity index (χ1n) is 3.97. The summed E-state index contributed by atoms with van der Waals surface area (Å²) in [4.78, 5) is 2.04. The first-order chi connectivity index (χ1) is 5.22. The molecule has 0 bridgehead atoms. The minimum absolute atomic E-state index is 0.237. The maximum atomic E-state index is 9.17. The number of aliphatic hydroxyl groups excluding tert-OH is 1. The SMILES string of the molecule is C[C@H](O)C(N)N1CCOCC1. The molecule has 3 N–H and O–H groups in total. The summed E-state index contributed by atoms with van der Waals surface area (Å²) in [6.45, 7) is 4.80. The van der Waals surface area contributed by atoms with Gasteiger partial charge in [0.2, 0.25) is 0 Å². The molecular weight excluding hydrogens is 144 g/mol. The number of aliphatic hydroxyl groups is 1. The molecule has 1 fully saturated rings. The van der Waals surface area contributed by atoms with Crippen LogP contribution < -0.4 is 5.73 Å². The molecule has 0 aromatic heterocycles. The highest BCUT2D eigenvalue weighted by Gasteiger charge is 2.20. The van der Waals surface area contributed by atoms with Crippen LogP contribution in [0.1, 0.15) is 6.92 Å². The topological polar surface area (TPSA) is 58.7 Å². The minimum Gasteiger partial charge on any atom is -0.390 e. The van der Waals surface area contributed by atoms with Crippen molar-refractivity contribution in [2.75, 3.05) is 26.3 Å². The second-order valence-electron chi connectivity index (χ2n) is 2.88. The highest BCUT2D eigenvalue weighted by Crippen LogP contribution is 2.02. The van der Waals surface area contributed by atoms with Crippen LogP contribution in [0, 0.1) is 0 Å². The van der Waals surface area contributed by atoms with Crippen LogP contribution in [0.25, 0.3) is 0 Å². The molecule has 1 unspecified atom stereocenters. The summed E-state index contributed by atoms with van der Waals surface area (Å²) in [7, 11) is 0. The smallest absolute Gasteiger partial charge is 0.0838 e. The van der Waals surface area contributed by atoms with Gasteiger partial charge in [-0.1, -0.05) is 0 Å². The molecule has 1 aliphatic rings. The van der Waals surface area contributed by atoms with E-state index in [9.17, 15) is 0 Å². The van der Waals surface area contributed by atoms with E-state index in [1.807, 2.05) is 4.90 Å². The Labute approximate surface area is 66.9 Å². The number of rotatable bonds is 2. The maximum Gasteiger partial charge on any atom is 0.0838 e. The molecule has 0 aliphatic carbocycles. The van der Waals surface area contributed by atoms with Crippen molar-refractivity contribution in [2.24, 2.45) is 5.73 Å². The first-order valence-corrected chi connectivity index (χ1v) is 3.97. The molecule has 0 amide bonds. The van der Waals surface area contributed by atoms with E-state index in [-0.39, 0.29) is 6.17 Å². The molecular formula is C7H16N2O2. The van der Waals surface area contributed by atoms with Crippen molar-refractivity contribution in [3.05, 3.63) is 0 Å². The number of hydrogen-bond donors (Lipinski definition) is 2. The zero-order valence-corrected chi connectivity index (χ0v) is 6.86. The molecule has 0 saturated carbocycles. The number of nitrogens with two attached hydrogens (primary N) is 1. The van der Waals surface area contributed by atoms with Gasteiger partial charge in [0, 0.05) is 13.1 Å². The average molecular weight is 160 g/mol. The number of ether oxygens (including phenoxy) is 1. The van der Waals surface area contributed by atoms with Crippen molar-refractivity contribution in [1.82, 2.24) is 4.90 Å². The molecule has 0 aromatic carbocycles. The summed E-state index contributed by atoms with van der Waals surface area (Å²) in [5.74, 6) is 0. The van der Waals surface area contributed by atoms with Gasteiger partial charge in [0.05, 0.1) is 25.5 Å². The van der Waals surface area contributed by atoms with Crippen molar-refractivity contribution >= 4 is 0 Å². The van der Waals surface area contributed by atoms with Gasteiger partial charge in [-0.05, 0) is 6.92 Å². The maximum absolute atomic E-state index is 9.17. The summed E-state index contributed by atoms with van der Waals surface area (Å²) in [5.41, 5.74) is 5.71.